The first kappa shape index (κ1) is 21.9. The average Bonchev–Trinajstić information content (AvgIpc) is 2.75. The number of amides is 2. The first-order valence-corrected chi connectivity index (χ1v) is 10.4. The highest BCUT2D eigenvalue weighted by molar-refractivity contribution is 6.32. The highest BCUT2D eigenvalue weighted by Gasteiger charge is 2.22. The van der Waals surface area contributed by atoms with Crippen LogP contribution in [-0.2, 0) is 4.74 Å². The van der Waals surface area contributed by atoms with Crippen molar-refractivity contribution in [1.82, 2.24) is 9.80 Å². The summed E-state index contributed by atoms with van der Waals surface area (Å²) in [5.74, 6) is 0.638. The number of carbonyl (C=O) groups is 2. The van der Waals surface area contributed by atoms with Gasteiger partial charge < -0.3 is 14.4 Å². The number of rotatable bonds is 7. The summed E-state index contributed by atoms with van der Waals surface area (Å²) in [6, 6.07) is 14.3. The molecule has 0 aromatic heterocycles. The summed E-state index contributed by atoms with van der Waals surface area (Å²) in [5, 5.41) is 3.23. The monoisotopic (exact) mass is 431 g/mol. The largest absolute Gasteiger partial charge is 0.491 e. The Morgan fingerprint density at radius 3 is 2.57 bits per heavy atom. The van der Waals surface area contributed by atoms with Crippen LogP contribution in [0.1, 0.15) is 17.3 Å². The van der Waals surface area contributed by atoms with Crippen molar-refractivity contribution in [1.29, 1.82) is 0 Å². The molecule has 2 amide bonds. The molecule has 1 fully saturated rings. The number of nitrogens with one attached hydrogen (secondary N) is 1. The van der Waals surface area contributed by atoms with Crippen molar-refractivity contribution in [3.05, 3.63) is 59.1 Å². The van der Waals surface area contributed by atoms with Crippen molar-refractivity contribution in [2.24, 2.45) is 0 Å². The summed E-state index contributed by atoms with van der Waals surface area (Å²) in [6.45, 7) is 6.17. The summed E-state index contributed by atoms with van der Waals surface area (Å²) in [7, 11) is 0. The molecule has 0 bridgehead atoms. The molecule has 3 rings (SSSR count). The molecule has 160 valence electrons. The number of carbonyl (C=O) groups excluding carboxylic acids is 2. The number of halogens is 1. The van der Waals surface area contributed by atoms with Crippen molar-refractivity contribution in [3.63, 3.8) is 0 Å². The molecular weight excluding hydrogens is 406 g/mol. The maximum absolute atomic E-state index is 12.8. The van der Waals surface area contributed by atoms with E-state index in [0.717, 1.165) is 19.6 Å². The van der Waals surface area contributed by atoms with Crippen molar-refractivity contribution < 1.29 is 19.1 Å². The third-order valence-electron chi connectivity index (χ3n) is 4.79. The number of benzene rings is 2. The van der Waals surface area contributed by atoms with E-state index < -0.39 is 6.09 Å². The second-order valence-electron chi connectivity index (χ2n) is 6.84. The van der Waals surface area contributed by atoms with Crippen molar-refractivity contribution in [3.8, 4) is 5.75 Å². The Hall–Kier alpha value is -2.77. The van der Waals surface area contributed by atoms with Gasteiger partial charge in [0.1, 0.15) is 12.4 Å². The molecular formula is C22H26ClN3O4. The summed E-state index contributed by atoms with van der Waals surface area (Å²) < 4.78 is 10.6. The van der Waals surface area contributed by atoms with Crippen LogP contribution < -0.4 is 10.1 Å². The van der Waals surface area contributed by atoms with Crippen LogP contribution in [-0.4, -0.2) is 67.7 Å². The lowest BCUT2D eigenvalue weighted by Gasteiger charge is -2.34. The molecule has 1 saturated heterocycles. The van der Waals surface area contributed by atoms with E-state index in [9.17, 15) is 9.59 Å². The number of nitrogens with zero attached hydrogens (tertiary/aromatic N) is 2. The van der Waals surface area contributed by atoms with Gasteiger partial charge in [0.05, 0.1) is 11.6 Å². The minimum absolute atomic E-state index is 0.0468. The van der Waals surface area contributed by atoms with E-state index >= 15 is 0 Å². The minimum atomic E-state index is -0.533. The zero-order valence-electron chi connectivity index (χ0n) is 17.0. The summed E-state index contributed by atoms with van der Waals surface area (Å²) >= 11 is 6.10. The molecule has 0 atom stereocenters. The van der Waals surface area contributed by atoms with E-state index in [1.165, 1.54) is 0 Å². The lowest BCUT2D eigenvalue weighted by Crippen LogP contribution is -2.49. The van der Waals surface area contributed by atoms with Gasteiger partial charge in [0.2, 0.25) is 0 Å². The Bertz CT molecular complexity index is 869. The second-order valence-corrected chi connectivity index (χ2v) is 7.25. The molecule has 1 heterocycles. The zero-order valence-corrected chi connectivity index (χ0v) is 17.7. The van der Waals surface area contributed by atoms with E-state index in [1.54, 1.807) is 37.3 Å². The van der Waals surface area contributed by atoms with Crippen LogP contribution in [0.3, 0.4) is 0 Å². The molecule has 2 aromatic carbocycles. The first-order chi connectivity index (χ1) is 14.6. The lowest BCUT2D eigenvalue weighted by molar-refractivity contribution is 0.0620. The maximum atomic E-state index is 12.8. The van der Waals surface area contributed by atoms with Gasteiger partial charge in [-0.05, 0) is 37.3 Å². The smallest absolute Gasteiger partial charge is 0.411 e. The topological polar surface area (TPSA) is 71.1 Å². The van der Waals surface area contributed by atoms with Gasteiger partial charge in [-0.3, -0.25) is 15.0 Å². The molecule has 0 spiro atoms. The van der Waals surface area contributed by atoms with Crippen molar-refractivity contribution in [2.75, 3.05) is 51.3 Å². The van der Waals surface area contributed by atoms with Crippen LogP contribution >= 0.6 is 11.6 Å². The number of ether oxygens (including phenoxy) is 2. The normalized spacial score (nSPS) is 14.3. The van der Waals surface area contributed by atoms with Gasteiger partial charge in [-0.1, -0.05) is 29.8 Å². The molecule has 8 heteroatoms. The molecule has 2 aromatic rings. The van der Waals surface area contributed by atoms with Gasteiger partial charge in [-0.15, -0.1) is 0 Å². The van der Waals surface area contributed by atoms with Crippen LogP contribution in [0.2, 0.25) is 5.02 Å². The highest BCUT2D eigenvalue weighted by atomic mass is 35.5. The predicted octanol–water partition coefficient (Wildman–Crippen LogP) is 3.75. The molecule has 0 unspecified atom stereocenters. The molecule has 0 aliphatic carbocycles. The average molecular weight is 432 g/mol. The molecule has 1 aliphatic rings. The molecule has 0 saturated carbocycles. The van der Waals surface area contributed by atoms with Gasteiger partial charge in [0, 0.05) is 44.0 Å². The molecule has 30 heavy (non-hydrogen) atoms. The number of para-hydroxylation sites is 1. The van der Waals surface area contributed by atoms with Crippen LogP contribution in [0, 0.1) is 0 Å². The van der Waals surface area contributed by atoms with Crippen molar-refractivity contribution in [2.45, 2.75) is 6.92 Å². The van der Waals surface area contributed by atoms with Crippen LogP contribution in [0.15, 0.2) is 48.5 Å². The Morgan fingerprint density at radius 2 is 1.83 bits per heavy atom. The van der Waals surface area contributed by atoms with Gasteiger partial charge in [-0.25, -0.2) is 4.79 Å². The summed E-state index contributed by atoms with van der Waals surface area (Å²) in [4.78, 5) is 28.5. The Balaban J connectivity index is 1.46. The number of piperazine rings is 1. The van der Waals surface area contributed by atoms with Crippen LogP contribution in [0.4, 0.5) is 10.5 Å². The van der Waals surface area contributed by atoms with Gasteiger partial charge >= 0.3 is 6.09 Å². The third kappa shape index (κ3) is 6.11. The van der Waals surface area contributed by atoms with Crippen LogP contribution in [0.25, 0.3) is 0 Å². The fourth-order valence-corrected chi connectivity index (χ4v) is 3.41. The minimum Gasteiger partial charge on any atom is -0.491 e. The Morgan fingerprint density at radius 1 is 1.07 bits per heavy atom. The zero-order chi connectivity index (χ0) is 21.3. The number of anilines is 1. The summed E-state index contributed by atoms with van der Waals surface area (Å²) in [5.41, 5.74) is 1.08. The fourth-order valence-electron chi connectivity index (χ4n) is 3.22. The lowest BCUT2D eigenvalue weighted by atomic mass is 10.1. The standard InChI is InChI=1S/C22H26ClN3O4/c1-2-29-22(28)24-18-7-5-6-17(16-18)21(27)26-12-10-25(11-13-26)14-15-30-20-9-4-3-8-19(20)23/h3-9,16H,2,10-15H2,1H3,(H,24,28). The van der Waals surface area contributed by atoms with E-state index in [4.69, 9.17) is 21.1 Å². The third-order valence-corrected chi connectivity index (χ3v) is 5.10. The van der Waals surface area contributed by atoms with Gasteiger partial charge in [-0.2, -0.15) is 0 Å². The quantitative estimate of drug-likeness (QED) is 0.723. The highest BCUT2D eigenvalue weighted by Crippen LogP contribution is 2.23. The molecule has 1 aliphatic heterocycles. The molecule has 7 nitrogen and oxygen atoms in total. The first-order valence-electron chi connectivity index (χ1n) is 9.99. The summed E-state index contributed by atoms with van der Waals surface area (Å²) in [6.07, 6.45) is -0.533. The van der Waals surface area contributed by atoms with E-state index in [-0.39, 0.29) is 12.5 Å². The second kappa shape index (κ2) is 10.8. The van der Waals surface area contributed by atoms with E-state index in [1.807, 2.05) is 23.1 Å². The number of hydrogen-bond donors (Lipinski definition) is 1. The van der Waals surface area contributed by atoms with E-state index in [0.29, 0.717) is 41.7 Å². The van der Waals surface area contributed by atoms with E-state index in [2.05, 4.69) is 10.2 Å². The molecule has 1 N–H and O–H groups in total. The van der Waals surface area contributed by atoms with Gasteiger partial charge in [0.25, 0.3) is 5.91 Å². The van der Waals surface area contributed by atoms with Gasteiger partial charge in [0.15, 0.2) is 0 Å². The van der Waals surface area contributed by atoms with Crippen LogP contribution in [0.5, 0.6) is 5.75 Å². The number of hydrogen-bond acceptors (Lipinski definition) is 5. The SMILES string of the molecule is CCOC(=O)Nc1cccc(C(=O)N2CCN(CCOc3ccccc3Cl)CC2)c1. The van der Waals surface area contributed by atoms with Crippen molar-refractivity contribution >= 4 is 29.3 Å². The Labute approximate surface area is 181 Å². The Kier molecular flexibility index (Phi) is 7.93. The fraction of sp³-hybridized carbons (Fsp3) is 0.364. The maximum Gasteiger partial charge on any atom is 0.411 e. The molecule has 0 radical (unpaired) electrons. The predicted molar refractivity (Wildman–Crippen MR) is 116 cm³/mol.